The van der Waals surface area contributed by atoms with Crippen molar-refractivity contribution in [2.24, 2.45) is 43.3 Å². The number of guanidine groups is 2. The molecule has 90 valence electrons. The predicted octanol–water partition coefficient (Wildman–Crippen LogP) is -1.56. The molecular weight excluding hydrogens is 229 g/mol. The fourth-order valence-electron chi connectivity index (χ4n) is 0.418. The fraction of sp³-hybridized carbons (Fsp3) is 0.200. The Bertz CT molecular complexity index is 343. The van der Waals surface area contributed by atoms with Crippen molar-refractivity contribution in [2.45, 2.75) is 6.18 Å². The molecule has 0 saturated heterocycles. The fourth-order valence-corrected chi connectivity index (χ4v) is 0.418. The van der Waals surface area contributed by atoms with Gasteiger partial charge in [-0.3, -0.25) is 0 Å². The summed E-state index contributed by atoms with van der Waals surface area (Å²) < 4.78 is 36.6. The van der Waals surface area contributed by atoms with E-state index in [1.807, 2.05) is 0 Å². The van der Waals surface area contributed by atoms with Crippen molar-refractivity contribution in [1.82, 2.24) is 0 Å². The highest BCUT2D eigenvalue weighted by atomic mass is 19.4. The quantitative estimate of drug-likeness (QED) is 0.266. The predicted molar refractivity (Wildman–Crippen MR) is 53.6 cm³/mol. The molecule has 0 aromatic carbocycles. The van der Waals surface area contributed by atoms with E-state index in [1.54, 1.807) is 0 Å². The molecule has 0 unspecified atom stereocenters. The number of hydrogen-bond donors (Lipinski definition) is 4. The van der Waals surface area contributed by atoms with Crippen molar-refractivity contribution in [1.29, 1.82) is 0 Å². The summed E-state index contributed by atoms with van der Waals surface area (Å²) in [7, 11) is 0. The van der Waals surface area contributed by atoms with Crippen LogP contribution in [-0.4, -0.2) is 30.0 Å². The highest BCUT2D eigenvalue weighted by Crippen LogP contribution is 2.16. The molecule has 8 nitrogen and oxygen atoms in total. The van der Waals surface area contributed by atoms with Gasteiger partial charge < -0.3 is 22.9 Å². The first-order valence-corrected chi connectivity index (χ1v) is 3.59. The minimum atomic E-state index is -4.78. The summed E-state index contributed by atoms with van der Waals surface area (Å²) in [5.41, 5.74) is 17.8. The van der Waals surface area contributed by atoms with Gasteiger partial charge in [0.1, 0.15) is 0 Å². The van der Waals surface area contributed by atoms with Crippen molar-refractivity contribution in [3.05, 3.63) is 0 Å². The van der Waals surface area contributed by atoms with Gasteiger partial charge in [-0.15, -0.1) is 15.3 Å². The minimum Gasteiger partial charge on any atom is -0.369 e. The Kier molecular flexibility index (Phi) is 4.72. The Morgan fingerprint density at radius 3 is 1.75 bits per heavy atom. The summed E-state index contributed by atoms with van der Waals surface area (Å²) >= 11 is 0. The molecule has 0 bridgehead atoms. The molecule has 0 heterocycles. The van der Waals surface area contributed by atoms with Crippen molar-refractivity contribution < 1.29 is 13.2 Å². The third-order valence-corrected chi connectivity index (χ3v) is 0.917. The van der Waals surface area contributed by atoms with Gasteiger partial charge in [0.05, 0.1) is 6.21 Å². The molecule has 0 atom stereocenters. The third-order valence-electron chi connectivity index (χ3n) is 0.917. The van der Waals surface area contributed by atoms with E-state index in [0.29, 0.717) is 0 Å². The second-order valence-electron chi connectivity index (χ2n) is 2.28. The van der Waals surface area contributed by atoms with E-state index >= 15 is 0 Å². The number of nitrogens with two attached hydrogens (primary N) is 4. The van der Waals surface area contributed by atoms with Crippen molar-refractivity contribution in [3.8, 4) is 0 Å². The van der Waals surface area contributed by atoms with E-state index in [9.17, 15) is 13.2 Å². The molecule has 0 saturated carbocycles. The first-order valence-electron chi connectivity index (χ1n) is 3.59. The van der Waals surface area contributed by atoms with Gasteiger partial charge in [0.15, 0.2) is 5.71 Å². The lowest BCUT2D eigenvalue weighted by atomic mass is 10.4. The van der Waals surface area contributed by atoms with E-state index in [1.165, 1.54) is 0 Å². The molecular formula is C5H9F3N8. The zero-order chi connectivity index (χ0) is 12.8. The van der Waals surface area contributed by atoms with Gasteiger partial charge in [0, 0.05) is 0 Å². The van der Waals surface area contributed by atoms with Crippen LogP contribution in [0.25, 0.3) is 0 Å². The SMILES string of the molecule is NC(N)=NN=CC(=NN=C(N)N)C(F)(F)F. The molecule has 0 spiro atoms. The average molecular weight is 238 g/mol. The molecule has 0 aromatic rings. The average Bonchev–Trinajstić information content (AvgIpc) is 2.07. The smallest absolute Gasteiger partial charge is 0.369 e. The minimum absolute atomic E-state index is 0.270. The number of nitrogens with zero attached hydrogens (tertiary/aromatic N) is 4. The van der Waals surface area contributed by atoms with Gasteiger partial charge in [0.25, 0.3) is 0 Å². The van der Waals surface area contributed by atoms with Crippen LogP contribution in [0.4, 0.5) is 13.2 Å². The molecule has 16 heavy (non-hydrogen) atoms. The van der Waals surface area contributed by atoms with E-state index in [-0.39, 0.29) is 6.21 Å². The first kappa shape index (κ1) is 13.7. The van der Waals surface area contributed by atoms with E-state index in [2.05, 4.69) is 20.4 Å². The topological polar surface area (TPSA) is 154 Å². The molecule has 0 aliphatic carbocycles. The number of halogens is 3. The van der Waals surface area contributed by atoms with Crippen LogP contribution in [0.3, 0.4) is 0 Å². The molecule has 0 aromatic heterocycles. The second-order valence-corrected chi connectivity index (χ2v) is 2.28. The maximum absolute atomic E-state index is 12.2. The van der Waals surface area contributed by atoms with Gasteiger partial charge >= 0.3 is 6.18 Å². The Hall–Kier alpha value is -2.33. The summed E-state index contributed by atoms with van der Waals surface area (Å²) in [5, 5.41) is 11.4. The summed E-state index contributed by atoms with van der Waals surface area (Å²) in [6, 6.07) is 0. The molecule has 0 radical (unpaired) electrons. The van der Waals surface area contributed by atoms with Crippen LogP contribution in [0.5, 0.6) is 0 Å². The van der Waals surface area contributed by atoms with E-state index < -0.39 is 23.8 Å². The third kappa shape index (κ3) is 6.17. The standard InChI is InChI=1S/C5H9F3N8/c6-5(7,8)2(14-16-4(11)12)1-13-15-3(9)10/h1H,(H4,9,10,15)(H4,11,12,16). The summed E-state index contributed by atoms with van der Waals surface area (Å²) in [5.74, 6) is -1.13. The van der Waals surface area contributed by atoms with Crippen LogP contribution < -0.4 is 22.9 Å². The lowest BCUT2D eigenvalue weighted by molar-refractivity contribution is -0.0566. The van der Waals surface area contributed by atoms with Gasteiger partial charge in [-0.1, -0.05) is 0 Å². The van der Waals surface area contributed by atoms with E-state index in [4.69, 9.17) is 22.9 Å². The van der Waals surface area contributed by atoms with Crippen molar-refractivity contribution >= 4 is 23.8 Å². The molecule has 0 amide bonds. The largest absolute Gasteiger partial charge is 0.436 e. The molecule has 11 heteroatoms. The van der Waals surface area contributed by atoms with Gasteiger partial charge in [-0.25, -0.2) is 0 Å². The summed E-state index contributed by atoms with van der Waals surface area (Å²) in [6.45, 7) is 0. The number of hydrogen-bond acceptors (Lipinski definition) is 4. The highest BCUT2D eigenvalue weighted by Gasteiger charge is 2.35. The summed E-state index contributed by atoms with van der Waals surface area (Å²) in [6.07, 6.45) is -4.51. The van der Waals surface area contributed by atoms with Crippen LogP contribution >= 0.6 is 0 Å². The molecule has 0 fully saturated rings. The van der Waals surface area contributed by atoms with Crippen LogP contribution in [0, 0.1) is 0 Å². The Labute approximate surface area is 87.6 Å². The van der Waals surface area contributed by atoms with E-state index in [0.717, 1.165) is 0 Å². The van der Waals surface area contributed by atoms with Gasteiger partial charge in [0.2, 0.25) is 11.9 Å². The molecule has 0 rings (SSSR count). The zero-order valence-corrected chi connectivity index (χ0v) is 7.81. The first-order chi connectivity index (χ1) is 7.23. The van der Waals surface area contributed by atoms with Crippen molar-refractivity contribution in [3.63, 3.8) is 0 Å². The maximum Gasteiger partial charge on any atom is 0.436 e. The Morgan fingerprint density at radius 2 is 1.38 bits per heavy atom. The van der Waals surface area contributed by atoms with Gasteiger partial charge in [-0.05, 0) is 0 Å². The number of rotatable bonds is 3. The zero-order valence-electron chi connectivity index (χ0n) is 7.81. The number of alkyl halides is 3. The lowest BCUT2D eigenvalue weighted by Crippen LogP contribution is -2.26. The van der Waals surface area contributed by atoms with Crippen molar-refractivity contribution in [2.75, 3.05) is 0 Å². The van der Waals surface area contributed by atoms with Crippen LogP contribution in [0.1, 0.15) is 0 Å². The normalized spacial score (nSPS) is 12.6. The Balaban J connectivity index is 4.99. The maximum atomic E-state index is 12.2. The van der Waals surface area contributed by atoms with Crippen LogP contribution in [0.15, 0.2) is 20.4 Å². The van der Waals surface area contributed by atoms with Crippen LogP contribution in [-0.2, 0) is 0 Å². The second kappa shape index (κ2) is 5.53. The van der Waals surface area contributed by atoms with Crippen LogP contribution in [0.2, 0.25) is 0 Å². The molecule has 0 aliphatic rings. The Morgan fingerprint density at radius 1 is 0.875 bits per heavy atom. The molecule has 0 aliphatic heterocycles. The summed E-state index contributed by atoms with van der Waals surface area (Å²) in [4.78, 5) is 0. The monoisotopic (exact) mass is 238 g/mol. The lowest BCUT2D eigenvalue weighted by Gasteiger charge is -2.02. The highest BCUT2D eigenvalue weighted by molar-refractivity contribution is 6.33. The molecule has 8 N–H and O–H groups in total. The van der Waals surface area contributed by atoms with Gasteiger partial charge in [-0.2, -0.15) is 18.3 Å².